The van der Waals surface area contributed by atoms with E-state index in [2.05, 4.69) is 46.1 Å². The van der Waals surface area contributed by atoms with Gasteiger partial charge in [0.25, 0.3) is 0 Å². The van der Waals surface area contributed by atoms with Gasteiger partial charge in [-0.2, -0.15) is 0 Å². The Hall–Kier alpha value is -0.450. The minimum Gasteiger partial charge on any atom is -0.378 e. The van der Waals surface area contributed by atoms with E-state index in [1.165, 1.54) is 10.1 Å². The first kappa shape index (κ1) is 38.6. The van der Waals surface area contributed by atoms with Gasteiger partial charge in [-0.1, -0.05) is 87.1 Å². The molecule has 41 heavy (non-hydrogen) atoms. The fourth-order valence-electron chi connectivity index (χ4n) is 2.97. The molecule has 3 nitrogen and oxygen atoms in total. The highest BCUT2D eigenvalue weighted by molar-refractivity contribution is 9.09. The van der Waals surface area contributed by atoms with Crippen molar-refractivity contribution in [1.82, 2.24) is 0 Å². The minimum atomic E-state index is -0.156. The molecular formula is C31H38BrCl3O3S3. The van der Waals surface area contributed by atoms with E-state index in [1.807, 2.05) is 88.4 Å². The van der Waals surface area contributed by atoms with E-state index in [9.17, 15) is 0 Å². The molecule has 0 N–H and O–H groups in total. The second kappa shape index (κ2) is 23.9. The van der Waals surface area contributed by atoms with Crippen LogP contribution < -0.4 is 0 Å². The molecular weight excluding hydrogens is 703 g/mol. The quantitative estimate of drug-likeness (QED) is 0.0758. The molecule has 1 atom stereocenters. The molecule has 0 radical (unpaired) electrons. The van der Waals surface area contributed by atoms with E-state index in [0.29, 0.717) is 24.3 Å². The number of halogens is 4. The summed E-state index contributed by atoms with van der Waals surface area (Å²) in [6.07, 6.45) is 0.210. The Balaban J connectivity index is 0.000000290. The maximum Gasteiger partial charge on any atom is 0.166 e. The summed E-state index contributed by atoms with van der Waals surface area (Å²) in [5.74, 6) is 0.755. The summed E-state index contributed by atoms with van der Waals surface area (Å²) in [6, 6.07) is 23.3. The zero-order valence-electron chi connectivity index (χ0n) is 23.7. The lowest BCUT2D eigenvalue weighted by molar-refractivity contribution is -0.120. The number of thiol groups is 1. The molecule has 1 heterocycles. The molecule has 0 saturated carbocycles. The van der Waals surface area contributed by atoms with Gasteiger partial charge in [0.05, 0.1) is 25.9 Å². The van der Waals surface area contributed by atoms with Crippen molar-refractivity contribution in [3.05, 3.63) is 93.2 Å². The summed E-state index contributed by atoms with van der Waals surface area (Å²) >= 11 is 28.3. The van der Waals surface area contributed by atoms with Crippen molar-refractivity contribution in [2.45, 2.75) is 49.9 Å². The summed E-state index contributed by atoms with van der Waals surface area (Å²) < 4.78 is 17.2. The van der Waals surface area contributed by atoms with Gasteiger partial charge in [0.1, 0.15) is 0 Å². The average molecular weight is 741 g/mol. The van der Waals surface area contributed by atoms with E-state index in [-0.39, 0.29) is 6.29 Å². The zero-order valence-corrected chi connectivity index (χ0v) is 30.1. The Bertz CT molecular complexity index is 1200. The number of fused-ring (bicyclic) bond motifs is 1. The number of benzene rings is 3. The molecule has 0 spiro atoms. The van der Waals surface area contributed by atoms with Crippen LogP contribution in [0.4, 0.5) is 0 Å². The molecule has 0 bridgehead atoms. The van der Waals surface area contributed by atoms with Crippen LogP contribution in [0, 0.1) is 0 Å². The average Bonchev–Trinajstić information content (AvgIpc) is 3.46. The summed E-state index contributed by atoms with van der Waals surface area (Å²) in [5.41, 5.74) is 0. The van der Waals surface area contributed by atoms with Gasteiger partial charge < -0.3 is 14.2 Å². The van der Waals surface area contributed by atoms with Crippen LogP contribution in [0.1, 0.15) is 27.7 Å². The third kappa shape index (κ3) is 16.8. The Morgan fingerprint density at radius 1 is 0.780 bits per heavy atom. The maximum absolute atomic E-state index is 6.06. The predicted octanol–water partition coefficient (Wildman–Crippen LogP) is 11.8. The molecule has 0 aliphatic rings. The standard InChI is InChI=1S/C12H17ClO2S.C8H5ClS.C6H5ClS.C5H11BrO/c1-3-14-12(15-4-2)9-16-11-8-6-5-7-10(11)13;9-7-3-1-2-6-4-5-10-8(6)7;7-5-3-1-2-4-6(5)8;1-3-7-5(2)4-6/h5-8,12H,3-4,9H2,1-2H3;1-5H;1-4,8H;5H,3-4H2,1-2H3. The summed E-state index contributed by atoms with van der Waals surface area (Å²) in [4.78, 5) is 1.89. The maximum atomic E-state index is 6.06. The first-order chi connectivity index (χ1) is 19.8. The van der Waals surface area contributed by atoms with Gasteiger partial charge >= 0.3 is 0 Å². The number of thioether (sulfide) groups is 1. The molecule has 0 aliphatic heterocycles. The second-order valence-corrected chi connectivity index (χ2v) is 12.4. The predicted molar refractivity (Wildman–Crippen MR) is 190 cm³/mol. The SMILES string of the molecule is CCOC(C)CBr.CCOC(CSc1ccccc1Cl)OCC.Clc1cccc2ccsc12.Sc1ccccc1Cl. The van der Waals surface area contributed by atoms with Gasteiger partial charge in [0.15, 0.2) is 6.29 Å². The number of hydrogen-bond acceptors (Lipinski definition) is 6. The van der Waals surface area contributed by atoms with Gasteiger partial charge in [-0.05, 0) is 74.9 Å². The van der Waals surface area contributed by atoms with E-state index < -0.39 is 0 Å². The van der Waals surface area contributed by atoms with Crippen molar-refractivity contribution in [2.75, 3.05) is 30.9 Å². The van der Waals surface area contributed by atoms with Crippen molar-refractivity contribution < 1.29 is 14.2 Å². The van der Waals surface area contributed by atoms with Crippen LogP contribution in [0.3, 0.4) is 0 Å². The molecule has 4 aromatic rings. The number of alkyl halides is 1. The Morgan fingerprint density at radius 2 is 1.37 bits per heavy atom. The number of rotatable bonds is 10. The Labute approximate surface area is 282 Å². The molecule has 0 amide bonds. The highest BCUT2D eigenvalue weighted by atomic mass is 79.9. The first-order valence-corrected chi connectivity index (χ1v) is 17.7. The fourth-order valence-corrected chi connectivity index (χ4v) is 5.76. The minimum absolute atomic E-state index is 0.156. The lowest BCUT2D eigenvalue weighted by atomic mass is 10.3. The fraction of sp³-hybridized carbons (Fsp3) is 0.355. The summed E-state index contributed by atoms with van der Waals surface area (Å²) in [6.45, 7) is 10.1. The molecule has 0 fully saturated rings. The summed E-state index contributed by atoms with van der Waals surface area (Å²) in [5, 5.41) is 6.55. The number of ether oxygens (including phenoxy) is 3. The molecule has 1 unspecified atom stereocenters. The zero-order chi connectivity index (χ0) is 30.5. The van der Waals surface area contributed by atoms with Crippen molar-refractivity contribution >= 4 is 96.5 Å². The molecule has 0 saturated heterocycles. The van der Waals surface area contributed by atoms with Crippen LogP contribution in [0.2, 0.25) is 15.1 Å². The van der Waals surface area contributed by atoms with E-state index in [0.717, 1.165) is 37.5 Å². The first-order valence-electron chi connectivity index (χ1n) is 13.1. The van der Waals surface area contributed by atoms with Gasteiger partial charge in [-0.15, -0.1) is 35.7 Å². The van der Waals surface area contributed by atoms with Gasteiger partial charge in [-0.25, -0.2) is 0 Å². The Morgan fingerprint density at radius 3 is 1.85 bits per heavy atom. The molecule has 0 aliphatic carbocycles. The molecule has 1 aromatic heterocycles. The van der Waals surface area contributed by atoms with Crippen LogP contribution in [-0.2, 0) is 14.2 Å². The van der Waals surface area contributed by atoms with E-state index in [4.69, 9.17) is 49.0 Å². The van der Waals surface area contributed by atoms with E-state index >= 15 is 0 Å². The largest absolute Gasteiger partial charge is 0.378 e. The second-order valence-electron chi connectivity index (χ2n) is 8.03. The van der Waals surface area contributed by atoms with Crippen LogP contribution in [0.25, 0.3) is 10.1 Å². The third-order valence-corrected chi connectivity index (χ3v) is 9.57. The smallest absolute Gasteiger partial charge is 0.166 e. The van der Waals surface area contributed by atoms with Crippen LogP contribution in [0.15, 0.2) is 88.0 Å². The molecule has 10 heteroatoms. The highest BCUT2D eigenvalue weighted by Gasteiger charge is 2.09. The highest BCUT2D eigenvalue weighted by Crippen LogP contribution is 2.28. The van der Waals surface area contributed by atoms with Crippen LogP contribution in [0.5, 0.6) is 0 Å². The molecule has 4 rings (SSSR count). The lowest BCUT2D eigenvalue weighted by Crippen LogP contribution is -2.19. The van der Waals surface area contributed by atoms with Crippen LogP contribution >= 0.6 is 86.5 Å². The van der Waals surface area contributed by atoms with Gasteiger partial charge in [-0.3, -0.25) is 0 Å². The molecule has 3 aromatic carbocycles. The monoisotopic (exact) mass is 738 g/mol. The van der Waals surface area contributed by atoms with Crippen LogP contribution in [-0.4, -0.2) is 43.3 Å². The molecule has 226 valence electrons. The van der Waals surface area contributed by atoms with Crippen molar-refractivity contribution in [1.29, 1.82) is 0 Å². The number of thiophene rings is 1. The van der Waals surface area contributed by atoms with Gasteiger partial charge in [0.2, 0.25) is 0 Å². The third-order valence-electron chi connectivity index (χ3n) is 4.87. The normalized spacial score (nSPS) is 11.1. The lowest BCUT2D eigenvalue weighted by Gasteiger charge is -2.16. The van der Waals surface area contributed by atoms with Gasteiger partial charge in [0, 0.05) is 40.7 Å². The van der Waals surface area contributed by atoms with Crippen molar-refractivity contribution in [3.8, 4) is 0 Å². The topological polar surface area (TPSA) is 27.7 Å². The summed E-state index contributed by atoms with van der Waals surface area (Å²) in [7, 11) is 0. The van der Waals surface area contributed by atoms with Crippen molar-refractivity contribution in [2.24, 2.45) is 0 Å². The van der Waals surface area contributed by atoms with Crippen molar-refractivity contribution in [3.63, 3.8) is 0 Å². The number of hydrogen-bond donors (Lipinski definition) is 1. The Kier molecular flexibility index (Phi) is 22.5. The van der Waals surface area contributed by atoms with E-state index in [1.54, 1.807) is 23.1 Å².